The lowest BCUT2D eigenvalue weighted by Gasteiger charge is -2.47. The van der Waals surface area contributed by atoms with Crippen LogP contribution in [0.3, 0.4) is 0 Å². The van der Waals surface area contributed by atoms with Crippen LogP contribution in [0.25, 0.3) is 11.1 Å². The fraction of sp³-hybridized carbons (Fsp3) is 0.439. The number of nitrogens with one attached hydrogen (secondary N) is 6. The Labute approximate surface area is 580 Å². The molecular weight excluding hydrogens is 1360 g/mol. The quantitative estimate of drug-likeness (QED) is 0.0751. The lowest BCUT2D eigenvalue weighted by Crippen LogP contribution is -2.64. The van der Waals surface area contributed by atoms with Crippen molar-refractivity contribution in [3.05, 3.63) is 117 Å². The number of likely N-dealkylation sites (N-methyl/N-ethyl adjacent to an activating group) is 1. The predicted molar refractivity (Wildman–Crippen MR) is 352 cm³/mol. The molecule has 100 heavy (non-hydrogen) atoms. The second-order valence-electron chi connectivity index (χ2n) is 25.7. The van der Waals surface area contributed by atoms with Crippen LogP contribution < -0.4 is 63.3 Å². The summed E-state index contributed by atoms with van der Waals surface area (Å²) >= 11 is 14.2. The first-order valence-corrected chi connectivity index (χ1v) is 32.4. The number of carbonyl (C=O) groups is 6. The highest BCUT2D eigenvalue weighted by atomic mass is 35.5. The molecule has 11 bridgehead atoms. The summed E-state index contributed by atoms with van der Waals surface area (Å²) in [6.45, 7) is 4.83. The molecule has 22 N–H and O–H groups in total. The number of primary amides is 1. The van der Waals surface area contributed by atoms with Gasteiger partial charge in [-0.25, -0.2) is 0 Å². The number of fused-ring (bicyclic) bond motifs is 14. The van der Waals surface area contributed by atoms with Gasteiger partial charge in [-0.05, 0) is 116 Å². The fourth-order valence-electron chi connectivity index (χ4n) is 12.5. The summed E-state index contributed by atoms with van der Waals surface area (Å²) in [7, 11) is 1.49. The van der Waals surface area contributed by atoms with Gasteiger partial charge in [0.05, 0.1) is 54.0 Å². The number of amidine groups is 1. The molecule has 0 aromatic heterocycles. The third-order valence-corrected chi connectivity index (χ3v) is 18.4. The van der Waals surface area contributed by atoms with E-state index in [1.54, 1.807) is 0 Å². The third-order valence-electron chi connectivity index (χ3n) is 17.8. The van der Waals surface area contributed by atoms with E-state index in [2.05, 4.69) is 36.9 Å². The van der Waals surface area contributed by atoms with Crippen molar-refractivity contribution < 1.29 is 108 Å². The summed E-state index contributed by atoms with van der Waals surface area (Å²) in [5.74, 6) is -11.9. The van der Waals surface area contributed by atoms with Gasteiger partial charge in [-0.3, -0.25) is 33.8 Å². The van der Waals surface area contributed by atoms with Gasteiger partial charge in [-0.15, -0.1) is 0 Å². The molecule has 12 rings (SSSR count). The molecule has 5 aromatic carbocycles. The number of aromatic hydroxyl groups is 3. The maximum Gasteiger partial charge on any atom is 0.250 e. The standard InChI is InChI=1S/C66H78Cl2N10O22/c1-24(2)12-35(72-5)60(90)77-50-52(85)27-7-10-40(33(67)14-27)96-42-16-29-17-43(56(42)100-65-57(55(88)54(87)44(23-80)98-65)99-46-21-66(4,71)58(89)25(3)95-46)97-41-11-8-28(15-34(41)68)53(86)51-64(94)74-37(22-79)31-18-30(81)19-39(83)47(31)32-13-26(6-9-38(32)82)49(62(92)78-51)75-59(70)48(29)76-61(91)36(20-45(69)84)73-63(50)93/h6-11,13-19,24-25,35-37,44,46,48-55,57-58,65,72,79-83,85-89H,12,20-23,71H2,1-5H3,(H2,69,84)(H2,70,75)(H,73,93)(H,74,94)(H,76,91)(H,77,90)(H,78,92)/t25-,35+,36-,37+,44+,46-,48+,49+,50+,51-,52+,53+,54+,55-,57+,58+,65-,66-/m0/s1. The first-order valence-electron chi connectivity index (χ1n) is 31.7. The van der Waals surface area contributed by atoms with Crippen LogP contribution in [-0.4, -0.2) is 192 Å². The monoisotopic (exact) mass is 1430 g/mol. The van der Waals surface area contributed by atoms with Crippen molar-refractivity contribution in [1.29, 1.82) is 0 Å². The minimum absolute atomic E-state index is 0.0737. The van der Waals surface area contributed by atoms with Crippen LogP contribution in [0.4, 0.5) is 0 Å². The molecule has 34 heteroatoms. The van der Waals surface area contributed by atoms with Crippen molar-refractivity contribution in [2.75, 3.05) is 20.3 Å². The number of amides is 6. The van der Waals surface area contributed by atoms with Crippen LogP contribution in [0.15, 0.2) is 83.9 Å². The van der Waals surface area contributed by atoms with E-state index in [4.69, 9.17) is 68.8 Å². The smallest absolute Gasteiger partial charge is 0.250 e. The molecule has 2 saturated heterocycles. The summed E-state index contributed by atoms with van der Waals surface area (Å²) < 4.78 is 38.6. The molecule has 0 aliphatic carbocycles. The number of rotatable bonds is 13. The number of benzene rings is 5. The lowest BCUT2D eigenvalue weighted by molar-refractivity contribution is -0.333. The molecule has 5 aromatic rings. The van der Waals surface area contributed by atoms with E-state index in [0.29, 0.717) is 0 Å². The Morgan fingerprint density at radius 3 is 1.96 bits per heavy atom. The van der Waals surface area contributed by atoms with Crippen LogP contribution in [0.5, 0.6) is 46.0 Å². The minimum Gasteiger partial charge on any atom is -0.508 e. The number of halogens is 2. The van der Waals surface area contributed by atoms with E-state index >= 15 is 9.59 Å². The van der Waals surface area contributed by atoms with Crippen LogP contribution >= 0.6 is 23.2 Å². The number of hydrogen-bond donors (Lipinski definition) is 19. The maximum atomic E-state index is 15.4. The zero-order chi connectivity index (χ0) is 72.7. The van der Waals surface area contributed by atoms with Crippen molar-refractivity contribution in [2.45, 2.75) is 156 Å². The number of aliphatic hydroxyl groups is 7. The van der Waals surface area contributed by atoms with E-state index in [0.717, 1.165) is 36.4 Å². The third kappa shape index (κ3) is 15.6. The molecule has 0 spiro atoms. The lowest BCUT2D eigenvalue weighted by atomic mass is 9.86. The van der Waals surface area contributed by atoms with Crippen LogP contribution in [0, 0.1) is 5.92 Å². The first-order chi connectivity index (χ1) is 47.3. The molecule has 6 amide bonds. The van der Waals surface area contributed by atoms with Crippen molar-refractivity contribution >= 4 is 64.5 Å². The molecule has 538 valence electrons. The normalized spacial score (nSPS) is 29.7. The average molecular weight is 1430 g/mol. The number of nitrogens with zero attached hydrogens (tertiary/aromatic N) is 1. The summed E-state index contributed by atoms with van der Waals surface area (Å²) in [4.78, 5) is 92.5. The molecule has 2 fully saturated rings. The van der Waals surface area contributed by atoms with E-state index < -0.39 is 205 Å². The Balaban J connectivity index is 1.26. The number of ether oxygens (including phenoxy) is 6. The highest BCUT2D eigenvalue weighted by Crippen LogP contribution is 2.50. The van der Waals surface area contributed by atoms with Crippen LogP contribution in [0.1, 0.15) is 105 Å². The number of aliphatic hydroxyl groups excluding tert-OH is 7. The minimum atomic E-state index is -2.09. The van der Waals surface area contributed by atoms with E-state index in [1.807, 2.05) is 13.8 Å². The highest BCUT2D eigenvalue weighted by Gasteiger charge is 2.51. The van der Waals surface area contributed by atoms with Gasteiger partial charge in [0.25, 0.3) is 0 Å². The Kier molecular flexibility index (Phi) is 22.4. The molecule has 0 unspecified atom stereocenters. The van der Waals surface area contributed by atoms with Crippen LogP contribution in [0.2, 0.25) is 10.0 Å². The SMILES string of the molecule is CN[C@H](CC(C)C)C(=O)N[C@H]1C(=O)N[C@@H](CC(N)=O)C(=O)N[C@H]2C(N)=N[C@H]3C(=O)N[C@H](C(=O)N[C@H](CO)c4cc(O)cc(O)c4-c4cc3ccc4O)[C@H](O)c3ccc(c(Cl)c3)Oc3cc2cc(c3O[C@@H]2O[C@H](CO)[C@@H](O)[C@H](O)[C@H]2O[C@H]2C[C@](C)(N)[C@H](O)[C@H](C)O2)Oc2ccc(cc2Cl)[C@H]1O. The fourth-order valence-corrected chi connectivity index (χ4v) is 13.0. The van der Waals surface area contributed by atoms with E-state index in [-0.39, 0.29) is 79.2 Å². The van der Waals surface area contributed by atoms with Gasteiger partial charge in [0.1, 0.15) is 89.3 Å². The summed E-state index contributed by atoms with van der Waals surface area (Å²) in [5, 5.41) is 129. The molecule has 18 atom stereocenters. The van der Waals surface area contributed by atoms with E-state index in [1.165, 1.54) is 63.4 Å². The highest BCUT2D eigenvalue weighted by molar-refractivity contribution is 6.32. The van der Waals surface area contributed by atoms with E-state index in [9.17, 15) is 70.2 Å². The summed E-state index contributed by atoms with van der Waals surface area (Å²) in [6, 6.07) is 2.24. The number of phenolic OH excluding ortho intramolecular Hbond substituents is 3. The second kappa shape index (κ2) is 30.2. The molecule has 0 saturated carbocycles. The van der Waals surface area contributed by atoms with Crippen molar-refractivity contribution in [2.24, 2.45) is 28.1 Å². The Bertz CT molecular complexity index is 4000. The molecule has 7 heterocycles. The average Bonchev–Trinajstić information content (AvgIpc) is 0.770. The van der Waals surface area contributed by atoms with Crippen LogP contribution in [-0.2, 0) is 43.0 Å². The topological polar surface area (TPSA) is 523 Å². The Morgan fingerprint density at radius 1 is 0.740 bits per heavy atom. The van der Waals surface area contributed by atoms with Gasteiger partial charge >= 0.3 is 0 Å². The van der Waals surface area contributed by atoms with Gasteiger partial charge in [-0.2, -0.15) is 0 Å². The maximum absolute atomic E-state index is 15.4. The van der Waals surface area contributed by atoms with Crippen molar-refractivity contribution in [3.8, 4) is 57.1 Å². The second-order valence-corrected chi connectivity index (χ2v) is 26.5. The Hall–Kier alpha value is -8.71. The predicted octanol–water partition coefficient (Wildman–Crippen LogP) is 0.255. The number of nitrogens with two attached hydrogens (primary N) is 3. The molecule has 7 aliphatic rings. The van der Waals surface area contributed by atoms with Gasteiger partial charge in [0, 0.05) is 29.2 Å². The zero-order valence-corrected chi connectivity index (χ0v) is 55.8. The van der Waals surface area contributed by atoms with Gasteiger partial charge in [-0.1, -0.05) is 55.2 Å². The summed E-state index contributed by atoms with van der Waals surface area (Å²) in [6.07, 6.45) is -17.9. The first kappa shape index (κ1) is 74.0. The number of phenols is 3. The number of carbonyl (C=O) groups excluding carboxylic acids is 6. The van der Waals surface area contributed by atoms with Crippen molar-refractivity contribution in [1.82, 2.24) is 31.9 Å². The largest absolute Gasteiger partial charge is 0.508 e. The number of aliphatic imine (C=N–C) groups is 1. The molecule has 32 nitrogen and oxygen atoms in total. The molecule has 0 radical (unpaired) electrons. The van der Waals surface area contributed by atoms with Gasteiger partial charge in [0.15, 0.2) is 29.9 Å². The molecule has 7 aliphatic heterocycles. The van der Waals surface area contributed by atoms with Crippen molar-refractivity contribution in [3.63, 3.8) is 0 Å². The number of hydrogen-bond acceptors (Lipinski definition) is 26. The Morgan fingerprint density at radius 2 is 1.37 bits per heavy atom. The summed E-state index contributed by atoms with van der Waals surface area (Å²) in [5.41, 5.74) is 16.6. The molecular formula is C66H78Cl2N10O22. The van der Waals surface area contributed by atoms with Gasteiger partial charge < -0.3 is 129 Å². The van der Waals surface area contributed by atoms with Gasteiger partial charge in [0.2, 0.25) is 47.5 Å². The zero-order valence-electron chi connectivity index (χ0n) is 54.2.